The monoisotopic (exact) mass is 586 g/mol. The van der Waals surface area contributed by atoms with E-state index in [2.05, 4.69) is 158 Å². The first-order chi connectivity index (χ1) is 22.3. The van der Waals surface area contributed by atoms with Crippen LogP contribution in [0.15, 0.2) is 158 Å². The van der Waals surface area contributed by atoms with Crippen molar-refractivity contribution in [2.75, 3.05) is 0 Å². The van der Waals surface area contributed by atoms with Gasteiger partial charge in [-0.1, -0.05) is 146 Å². The molecular formula is C44H26S. The third-order valence-electron chi connectivity index (χ3n) is 9.62. The lowest BCUT2D eigenvalue weighted by molar-refractivity contribution is 1.69. The molecule has 1 aromatic heterocycles. The van der Waals surface area contributed by atoms with Gasteiger partial charge >= 0.3 is 0 Å². The van der Waals surface area contributed by atoms with Crippen LogP contribution >= 0.6 is 11.3 Å². The van der Waals surface area contributed by atoms with Crippen LogP contribution in [0, 0.1) is 0 Å². The molecule has 0 unspecified atom stereocenters. The van der Waals surface area contributed by atoms with Crippen molar-refractivity contribution in [2.45, 2.75) is 0 Å². The first-order valence-electron chi connectivity index (χ1n) is 15.5. The van der Waals surface area contributed by atoms with Gasteiger partial charge < -0.3 is 0 Å². The van der Waals surface area contributed by atoms with Crippen molar-refractivity contribution >= 4 is 85.4 Å². The van der Waals surface area contributed by atoms with Gasteiger partial charge in [0, 0.05) is 20.2 Å². The molecule has 0 amide bonds. The predicted octanol–water partition coefficient (Wildman–Crippen LogP) is 13.2. The van der Waals surface area contributed by atoms with E-state index in [0.29, 0.717) is 0 Å². The fraction of sp³-hybridized carbons (Fsp3) is 0. The third kappa shape index (κ3) is 3.65. The molecule has 0 aliphatic heterocycles. The highest BCUT2D eigenvalue weighted by Crippen LogP contribution is 2.46. The second-order valence-corrected chi connectivity index (χ2v) is 13.1. The summed E-state index contributed by atoms with van der Waals surface area (Å²) in [4.78, 5) is 0. The van der Waals surface area contributed by atoms with Gasteiger partial charge in [-0.05, 0) is 88.2 Å². The molecule has 1 heterocycles. The summed E-state index contributed by atoms with van der Waals surface area (Å²) in [7, 11) is 0. The van der Waals surface area contributed by atoms with Crippen molar-refractivity contribution in [3.8, 4) is 22.3 Å². The van der Waals surface area contributed by atoms with E-state index in [9.17, 15) is 0 Å². The Hall–Kier alpha value is -5.50. The van der Waals surface area contributed by atoms with E-state index in [4.69, 9.17) is 0 Å². The molecule has 0 radical (unpaired) electrons. The maximum Gasteiger partial charge on any atom is 0.0433 e. The van der Waals surface area contributed by atoms with E-state index < -0.39 is 0 Å². The van der Waals surface area contributed by atoms with E-state index in [0.717, 1.165) is 0 Å². The Labute approximate surface area is 264 Å². The maximum absolute atomic E-state index is 2.42. The van der Waals surface area contributed by atoms with Gasteiger partial charge in [-0.2, -0.15) is 0 Å². The van der Waals surface area contributed by atoms with Crippen molar-refractivity contribution in [2.24, 2.45) is 0 Å². The van der Waals surface area contributed by atoms with Gasteiger partial charge in [0.15, 0.2) is 0 Å². The molecule has 0 nitrogen and oxygen atoms in total. The lowest BCUT2D eigenvalue weighted by Gasteiger charge is -2.18. The molecule has 0 aliphatic carbocycles. The summed E-state index contributed by atoms with van der Waals surface area (Å²) in [6.45, 7) is 0. The summed E-state index contributed by atoms with van der Waals surface area (Å²) in [5.74, 6) is 0. The molecule has 0 spiro atoms. The van der Waals surface area contributed by atoms with Crippen LogP contribution in [0.2, 0.25) is 0 Å². The molecule has 10 rings (SSSR count). The van der Waals surface area contributed by atoms with Crippen LogP contribution in [-0.2, 0) is 0 Å². The molecule has 0 atom stereocenters. The lowest BCUT2D eigenvalue weighted by atomic mass is 9.85. The molecule has 0 aliphatic rings. The summed E-state index contributed by atoms with van der Waals surface area (Å²) in [6, 6.07) is 58.5. The van der Waals surface area contributed by atoms with E-state index in [1.807, 2.05) is 11.3 Å². The Morgan fingerprint density at radius 2 is 0.733 bits per heavy atom. The van der Waals surface area contributed by atoms with Gasteiger partial charge in [-0.25, -0.2) is 0 Å². The zero-order chi connectivity index (χ0) is 29.5. The highest BCUT2D eigenvalue weighted by Gasteiger charge is 2.18. The second-order valence-electron chi connectivity index (χ2n) is 12.0. The van der Waals surface area contributed by atoms with E-state index in [1.54, 1.807) is 0 Å². The van der Waals surface area contributed by atoms with E-state index in [-0.39, 0.29) is 0 Å². The number of fused-ring (bicyclic) bond motifs is 10. The fourth-order valence-electron chi connectivity index (χ4n) is 7.57. The van der Waals surface area contributed by atoms with Gasteiger partial charge in [-0.15, -0.1) is 11.3 Å². The van der Waals surface area contributed by atoms with Crippen molar-refractivity contribution < 1.29 is 0 Å². The zero-order valence-electron chi connectivity index (χ0n) is 24.4. The number of benzene rings is 9. The van der Waals surface area contributed by atoms with Gasteiger partial charge in [0.2, 0.25) is 0 Å². The smallest absolute Gasteiger partial charge is 0.0433 e. The largest absolute Gasteiger partial charge is 0.135 e. The van der Waals surface area contributed by atoms with Crippen LogP contribution in [0.3, 0.4) is 0 Å². The van der Waals surface area contributed by atoms with Crippen molar-refractivity contribution in [1.82, 2.24) is 0 Å². The standard InChI is InChI=1S/C44H26S/c1-3-11-32-27(9-1)17-18-29-19-20-30(25-40(29)32)42-35-13-5-7-15-37(35)43(38-16-8-6-14-36(38)42)31-22-23-34-39-24-21-28-10-2-4-12-33(28)44(39)45-41(34)26-31/h1-26H. The topological polar surface area (TPSA) is 0 Å². The second kappa shape index (κ2) is 9.50. The minimum Gasteiger partial charge on any atom is -0.135 e. The van der Waals surface area contributed by atoms with Crippen molar-refractivity contribution in [3.63, 3.8) is 0 Å². The summed E-state index contributed by atoms with van der Waals surface area (Å²) in [6.07, 6.45) is 0. The van der Waals surface area contributed by atoms with Gasteiger partial charge in [0.25, 0.3) is 0 Å². The van der Waals surface area contributed by atoms with E-state index >= 15 is 0 Å². The van der Waals surface area contributed by atoms with E-state index in [1.165, 1.54) is 96.3 Å². The molecule has 0 bridgehead atoms. The molecule has 10 aromatic rings. The highest BCUT2D eigenvalue weighted by atomic mass is 32.1. The minimum absolute atomic E-state index is 1.25. The molecule has 0 fully saturated rings. The summed E-state index contributed by atoms with van der Waals surface area (Å²) < 4.78 is 2.70. The molecular weight excluding hydrogens is 561 g/mol. The maximum atomic E-state index is 2.42. The fourth-order valence-corrected chi connectivity index (χ4v) is 8.85. The molecule has 45 heavy (non-hydrogen) atoms. The zero-order valence-corrected chi connectivity index (χ0v) is 25.2. The molecule has 0 N–H and O–H groups in total. The lowest BCUT2D eigenvalue weighted by Crippen LogP contribution is -1.91. The Balaban J connectivity index is 1.26. The van der Waals surface area contributed by atoms with Crippen molar-refractivity contribution in [1.29, 1.82) is 0 Å². The third-order valence-corrected chi connectivity index (χ3v) is 10.8. The Kier molecular flexibility index (Phi) is 5.25. The molecule has 9 aromatic carbocycles. The predicted molar refractivity (Wildman–Crippen MR) is 198 cm³/mol. The normalized spacial score (nSPS) is 12.0. The Bertz CT molecular complexity index is 2760. The summed E-state index contributed by atoms with van der Waals surface area (Å²) >= 11 is 1.91. The molecule has 0 saturated carbocycles. The number of hydrogen-bond acceptors (Lipinski definition) is 1. The van der Waals surface area contributed by atoms with Crippen LogP contribution < -0.4 is 0 Å². The quantitative estimate of drug-likeness (QED) is 0.140. The van der Waals surface area contributed by atoms with Crippen LogP contribution in [0.25, 0.3) is 96.3 Å². The summed E-state index contributed by atoms with van der Waals surface area (Å²) in [5.41, 5.74) is 5.13. The van der Waals surface area contributed by atoms with Crippen LogP contribution in [0.1, 0.15) is 0 Å². The number of thiophene rings is 1. The number of rotatable bonds is 2. The van der Waals surface area contributed by atoms with Gasteiger partial charge in [0.1, 0.15) is 0 Å². The molecule has 1 heteroatoms. The van der Waals surface area contributed by atoms with Gasteiger partial charge in [-0.3, -0.25) is 0 Å². The van der Waals surface area contributed by atoms with Crippen LogP contribution in [0.5, 0.6) is 0 Å². The molecule has 208 valence electrons. The Morgan fingerprint density at radius 3 is 1.40 bits per heavy atom. The van der Waals surface area contributed by atoms with Crippen LogP contribution in [0.4, 0.5) is 0 Å². The number of hydrogen-bond donors (Lipinski definition) is 0. The summed E-state index contributed by atoms with van der Waals surface area (Å²) in [5, 5.41) is 15.6. The average molecular weight is 587 g/mol. The molecule has 0 saturated heterocycles. The minimum atomic E-state index is 1.25. The van der Waals surface area contributed by atoms with Crippen molar-refractivity contribution in [3.05, 3.63) is 158 Å². The van der Waals surface area contributed by atoms with Gasteiger partial charge in [0.05, 0.1) is 0 Å². The first kappa shape index (κ1) is 24.9. The Morgan fingerprint density at radius 1 is 0.289 bits per heavy atom. The first-order valence-corrected chi connectivity index (χ1v) is 16.3. The SMILES string of the molecule is c1ccc2c(c1)ccc1ccc(-c3c4ccccc4c(-c4ccc5c(c4)sc4c6ccccc6ccc54)c4ccccc34)cc12. The average Bonchev–Trinajstić information content (AvgIpc) is 3.49. The highest BCUT2D eigenvalue weighted by molar-refractivity contribution is 7.26. The van der Waals surface area contributed by atoms with Crippen LogP contribution in [-0.4, -0.2) is 0 Å².